The first-order chi connectivity index (χ1) is 8.06. The van der Waals surface area contributed by atoms with Crippen molar-refractivity contribution >= 4 is 27.9 Å². The molecule has 2 rings (SSSR count). The van der Waals surface area contributed by atoms with Gasteiger partial charge in [0.25, 0.3) is 5.91 Å². The van der Waals surface area contributed by atoms with Crippen LogP contribution in [0, 0.1) is 10.1 Å². The van der Waals surface area contributed by atoms with Gasteiger partial charge in [0.15, 0.2) is 0 Å². The zero-order chi connectivity index (χ0) is 12.4. The lowest BCUT2D eigenvalue weighted by molar-refractivity contribution is -0.380. The van der Waals surface area contributed by atoms with Gasteiger partial charge in [-0.2, -0.15) is 5.10 Å². The molecule has 0 fully saturated rings. The first-order valence-electron chi connectivity index (χ1n) is 4.59. The summed E-state index contributed by atoms with van der Waals surface area (Å²) < 4.78 is 1.55. The Morgan fingerprint density at radius 2 is 2.41 bits per heavy atom. The monoisotopic (exact) mass is 252 g/mol. The molecule has 2 heterocycles. The highest BCUT2D eigenvalue weighted by Gasteiger charge is 2.15. The number of nitro groups is 1. The number of aryl methyl sites for hydroxylation is 1. The maximum absolute atomic E-state index is 11.7. The fraction of sp³-hybridized carbons (Fsp3) is 0.111. The predicted octanol–water partition coefficient (Wildman–Crippen LogP) is 1.64. The Balaban J connectivity index is 2.11. The van der Waals surface area contributed by atoms with Crippen molar-refractivity contribution in [3.63, 3.8) is 0 Å². The van der Waals surface area contributed by atoms with Crippen molar-refractivity contribution in [1.29, 1.82) is 0 Å². The smallest absolute Gasteiger partial charge is 0.319 e. The summed E-state index contributed by atoms with van der Waals surface area (Å²) in [6.07, 6.45) is 3.14. The minimum absolute atomic E-state index is 0.0543. The van der Waals surface area contributed by atoms with Gasteiger partial charge in [-0.1, -0.05) is 11.3 Å². The van der Waals surface area contributed by atoms with E-state index in [2.05, 4.69) is 10.4 Å². The summed E-state index contributed by atoms with van der Waals surface area (Å²) in [4.78, 5) is 21.6. The topological polar surface area (TPSA) is 90.1 Å². The van der Waals surface area contributed by atoms with Gasteiger partial charge < -0.3 is 5.32 Å². The third kappa shape index (κ3) is 2.48. The van der Waals surface area contributed by atoms with Crippen LogP contribution in [0.4, 0.5) is 10.7 Å². The number of hydrogen-bond acceptors (Lipinski definition) is 5. The molecule has 1 N–H and O–H groups in total. The molecule has 2 aromatic heterocycles. The molecule has 7 nitrogen and oxygen atoms in total. The number of rotatable bonds is 3. The van der Waals surface area contributed by atoms with Crippen molar-refractivity contribution in [3.05, 3.63) is 39.5 Å². The Kier molecular flexibility index (Phi) is 2.88. The molecule has 0 aliphatic rings. The molecule has 0 spiro atoms. The number of anilines is 1. The molecule has 0 aromatic carbocycles. The molecule has 0 unspecified atom stereocenters. The van der Waals surface area contributed by atoms with E-state index < -0.39 is 4.92 Å². The van der Waals surface area contributed by atoms with Gasteiger partial charge in [-0.3, -0.25) is 19.6 Å². The molecular weight excluding hydrogens is 244 g/mol. The maximum atomic E-state index is 11.7. The fourth-order valence-electron chi connectivity index (χ4n) is 1.23. The van der Waals surface area contributed by atoms with E-state index in [1.54, 1.807) is 17.9 Å². The number of aromatic nitrogens is 2. The van der Waals surface area contributed by atoms with Crippen molar-refractivity contribution in [2.24, 2.45) is 7.05 Å². The average Bonchev–Trinajstić information content (AvgIpc) is 2.86. The van der Waals surface area contributed by atoms with Crippen molar-refractivity contribution < 1.29 is 9.72 Å². The molecule has 0 aliphatic heterocycles. The van der Waals surface area contributed by atoms with Crippen LogP contribution in [-0.2, 0) is 7.05 Å². The molecular formula is C9H8N4O3S. The van der Waals surface area contributed by atoms with Crippen LogP contribution in [0.15, 0.2) is 23.8 Å². The number of nitrogens with zero attached hydrogens (tertiary/aromatic N) is 3. The van der Waals surface area contributed by atoms with Gasteiger partial charge in [-0.15, -0.1) is 0 Å². The Bertz CT molecular complexity index is 574. The van der Waals surface area contributed by atoms with E-state index in [0.717, 1.165) is 11.3 Å². The number of amides is 1. The van der Waals surface area contributed by atoms with Crippen molar-refractivity contribution in [3.8, 4) is 0 Å². The molecule has 2 aromatic rings. The van der Waals surface area contributed by atoms with Gasteiger partial charge in [-0.25, -0.2) is 0 Å². The third-order valence-corrected chi connectivity index (χ3v) is 2.87. The SMILES string of the molecule is Cn1cc(NC(=O)c2csc([N+](=O)[O-])c2)cn1. The van der Waals surface area contributed by atoms with Crippen molar-refractivity contribution in [2.75, 3.05) is 5.32 Å². The van der Waals surface area contributed by atoms with Crippen molar-refractivity contribution in [2.45, 2.75) is 0 Å². The number of hydrogen-bond donors (Lipinski definition) is 1. The highest BCUT2D eigenvalue weighted by molar-refractivity contribution is 7.13. The second-order valence-corrected chi connectivity index (χ2v) is 4.18. The summed E-state index contributed by atoms with van der Waals surface area (Å²) in [5.41, 5.74) is 0.817. The Morgan fingerprint density at radius 1 is 1.65 bits per heavy atom. The second-order valence-electron chi connectivity index (χ2n) is 3.29. The second kappa shape index (κ2) is 4.34. The summed E-state index contributed by atoms with van der Waals surface area (Å²) in [6.45, 7) is 0. The largest absolute Gasteiger partial charge is 0.324 e. The molecule has 0 bridgehead atoms. The lowest BCUT2D eigenvalue weighted by Crippen LogP contribution is -2.10. The lowest BCUT2D eigenvalue weighted by atomic mass is 10.3. The van der Waals surface area contributed by atoms with Crippen LogP contribution >= 0.6 is 11.3 Å². The van der Waals surface area contributed by atoms with E-state index in [0.29, 0.717) is 5.69 Å². The highest BCUT2D eigenvalue weighted by atomic mass is 32.1. The predicted molar refractivity (Wildman–Crippen MR) is 62.1 cm³/mol. The lowest BCUT2D eigenvalue weighted by Gasteiger charge is -1.97. The quantitative estimate of drug-likeness (QED) is 0.664. The number of thiophene rings is 1. The maximum Gasteiger partial charge on any atom is 0.324 e. The van der Waals surface area contributed by atoms with E-state index in [4.69, 9.17) is 0 Å². The normalized spacial score (nSPS) is 10.2. The van der Waals surface area contributed by atoms with Crippen LogP contribution in [0.1, 0.15) is 10.4 Å². The van der Waals surface area contributed by atoms with Gasteiger partial charge in [0.2, 0.25) is 0 Å². The molecule has 0 saturated carbocycles. The van der Waals surface area contributed by atoms with E-state index in [9.17, 15) is 14.9 Å². The minimum atomic E-state index is -0.522. The molecule has 0 radical (unpaired) electrons. The van der Waals surface area contributed by atoms with Crippen LogP contribution in [0.2, 0.25) is 0 Å². The molecule has 1 amide bonds. The summed E-state index contributed by atoms with van der Waals surface area (Å²) in [6, 6.07) is 1.25. The summed E-state index contributed by atoms with van der Waals surface area (Å²) in [5, 5.41) is 18.3. The molecule has 8 heteroatoms. The van der Waals surface area contributed by atoms with Crippen LogP contribution < -0.4 is 5.32 Å². The van der Waals surface area contributed by atoms with E-state index >= 15 is 0 Å². The molecule has 0 atom stereocenters. The van der Waals surface area contributed by atoms with E-state index in [-0.39, 0.29) is 16.5 Å². The average molecular weight is 252 g/mol. The molecule has 88 valence electrons. The van der Waals surface area contributed by atoms with Gasteiger partial charge >= 0.3 is 5.00 Å². The molecule has 17 heavy (non-hydrogen) atoms. The zero-order valence-corrected chi connectivity index (χ0v) is 9.60. The summed E-state index contributed by atoms with van der Waals surface area (Å²) >= 11 is 0.921. The third-order valence-electron chi connectivity index (χ3n) is 1.99. The standard InChI is InChI=1S/C9H8N4O3S/c1-12-4-7(3-10-12)11-9(14)6-2-8(13(15)16)17-5-6/h2-5H,1H3,(H,11,14). The van der Waals surface area contributed by atoms with Gasteiger partial charge in [0.05, 0.1) is 22.4 Å². The van der Waals surface area contributed by atoms with Crippen molar-refractivity contribution in [1.82, 2.24) is 9.78 Å². The Hall–Kier alpha value is -2.22. The summed E-state index contributed by atoms with van der Waals surface area (Å²) in [7, 11) is 1.73. The fourth-order valence-corrected chi connectivity index (χ4v) is 1.93. The molecule has 0 saturated heterocycles. The van der Waals surface area contributed by atoms with Gasteiger partial charge in [0, 0.05) is 24.7 Å². The van der Waals surface area contributed by atoms with Crippen LogP contribution in [0.3, 0.4) is 0 Å². The first kappa shape index (κ1) is 11.3. The summed E-state index contributed by atoms with van der Waals surface area (Å²) in [5.74, 6) is -0.387. The van der Waals surface area contributed by atoms with Crippen LogP contribution in [0.5, 0.6) is 0 Å². The molecule has 0 aliphatic carbocycles. The minimum Gasteiger partial charge on any atom is -0.319 e. The Labute approximate surface area is 99.8 Å². The Morgan fingerprint density at radius 3 is 2.94 bits per heavy atom. The van der Waals surface area contributed by atoms with Gasteiger partial charge in [0.1, 0.15) is 0 Å². The first-order valence-corrected chi connectivity index (χ1v) is 5.47. The van der Waals surface area contributed by atoms with E-state index in [1.807, 2.05) is 0 Å². The van der Waals surface area contributed by atoms with Gasteiger partial charge in [-0.05, 0) is 0 Å². The highest BCUT2D eigenvalue weighted by Crippen LogP contribution is 2.23. The zero-order valence-electron chi connectivity index (χ0n) is 8.78. The van der Waals surface area contributed by atoms with Crippen LogP contribution in [-0.4, -0.2) is 20.6 Å². The van der Waals surface area contributed by atoms with E-state index in [1.165, 1.54) is 17.6 Å². The van der Waals surface area contributed by atoms with Crippen LogP contribution in [0.25, 0.3) is 0 Å². The number of nitrogens with one attached hydrogen (secondary N) is 1. The number of carbonyl (C=O) groups is 1. The number of carbonyl (C=O) groups excluding carboxylic acids is 1.